The fourth-order valence-electron chi connectivity index (χ4n) is 2.90. The number of hydrogen-bond donors (Lipinski definition) is 1. The summed E-state index contributed by atoms with van der Waals surface area (Å²) < 4.78 is 0. The molecule has 0 aromatic heterocycles. The average Bonchev–Trinajstić information content (AvgIpc) is 2.79. The molecule has 2 rings (SSSR count). The third-order valence-electron chi connectivity index (χ3n) is 4.04. The van der Waals surface area contributed by atoms with Gasteiger partial charge in [0.05, 0.1) is 5.54 Å². The Bertz CT molecular complexity index is 260. The van der Waals surface area contributed by atoms with E-state index in [-0.39, 0.29) is 11.4 Å². The summed E-state index contributed by atoms with van der Waals surface area (Å²) >= 11 is 8.04. The largest absolute Gasteiger partial charge is 0.349 e. The molecule has 0 aromatic rings. The Balaban J connectivity index is 1.79. The highest BCUT2D eigenvalue weighted by molar-refractivity contribution is 7.99. The van der Waals surface area contributed by atoms with Crippen molar-refractivity contribution in [1.82, 2.24) is 5.32 Å². The molecule has 2 aliphatic rings. The highest BCUT2D eigenvalue weighted by atomic mass is 35.5. The molecular weight excluding hydrogens is 254 g/mol. The van der Waals surface area contributed by atoms with Crippen molar-refractivity contribution in [2.45, 2.75) is 50.5 Å². The number of nitrogens with one attached hydrogen (secondary N) is 1. The Morgan fingerprint density at radius 3 is 2.53 bits per heavy atom. The zero-order valence-electron chi connectivity index (χ0n) is 10.3. The van der Waals surface area contributed by atoms with Crippen LogP contribution >= 0.6 is 23.4 Å². The minimum Gasteiger partial charge on any atom is -0.349 e. The highest BCUT2D eigenvalue weighted by Gasteiger charge is 2.34. The topological polar surface area (TPSA) is 29.1 Å². The molecule has 1 saturated heterocycles. The molecule has 0 aromatic carbocycles. The monoisotopic (exact) mass is 275 g/mol. The maximum absolute atomic E-state index is 12.1. The van der Waals surface area contributed by atoms with E-state index in [9.17, 15) is 4.79 Å². The van der Waals surface area contributed by atoms with Crippen molar-refractivity contribution in [3.05, 3.63) is 0 Å². The van der Waals surface area contributed by atoms with Crippen molar-refractivity contribution < 1.29 is 4.79 Å². The van der Waals surface area contributed by atoms with E-state index < -0.39 is 0 Å². The van der Waals surface area contributed by atoms with Crippen LogP contribution < -0.4 is 5.32 Å². The molecule has 0 unspecified atom stereocenters. The SMILES string of the molecule is O=C(CC1CCSCC1)NC1(CCl)CCCC1. The second kappa shape index (κ2) is 6.33. The molecule has 1 saturated carbocycles. The van der Waals surface area contributed by atoms with Crippen LogP contribution in [-0.2, 0) is 4.79 Å². The Labute approximate surface area is 113 Å². The summed E-state index contributed by atoms with van der Waals surface area (Å²) in [5.74, 6) is 3.84. The number of amides is 1. The lowest BCUT2D eigenvalue weighted by molar-refractivity contribution is -0.123. The number of thioether (sulfide) groups is 1. The molecule has 2 fully saturated rings. The molecule has 2 nitrogen and oxygen atoms in total. The lowest BCUT2D eigenvalue weighted by Gasteiger charge is -2.29. The van der Waals surface area contributed by atoms with Gasteiger partial charge in [-0.05, 0) is 43.1 Å². The minimum absolute atomic E-state index is 0.0813. The van der Waals surface area contributed by atoms with E-state index in [1.54, 1.807) is 0 Å². The third kappa shape index (κ3) is 3.78. The van der Waals surface area contributed by atoms with Crippen molar-refractivity contribution in [1.29, 1.82) is 0 Å². The highest BCUT2D eigenvalue weighted by Crippen LogP contribution is 2.31. The molecule has 0 bridgehead atoms. The first-order valence-electron chi connectivity index (χ1n) is 6.69. The summed E-state index contributed by atoms with van der Waals surface area (Å²) in [6.45, 7) is 0. The van der Waals surface area contributed by atoms with E-state index in [1.165, 1.54) is 37.2 Å². The van der Waals surface area contributed by atoms with Crippen molar-refractivity contribution in [2.24, 2.45) is 5.92 Å². The molecule has 1 heterocycles. The Morgan fingerprint density at radius 1 is 1.29 bits per heavy atom. The van der Waals surface area contributed by atoms with Gasteiger partial charge in [-0.2, -0.15) is 11.8 Å². The maximum Gasteiger partial charge on any atom is 0.220 e. The Hall–Kier alpha value is 0.110. The normalized spacial score (nSPS) is 24.8. The molecule has 1 amide bonds. The summed E-state index contributed by atoms with van der Waals surface area (Å²) in [6.07, 6.45) is 7.63. The van der Waals surface area contributed by atoms with Gasteiger partial charge in [0.1, 0.15) is 0 Å². The van der Waals surface area contributed by atoms with E-state index in [0.29, 0.717) is 18.2 Å². The van der Waals surface area contributed by atoms with Crippen LogP contribution in [-0.4, -0.2) is 28.8 Å². The van der Waals surface area contributed by atoms with Crippen LogP contribution in [0.4, 0.5) is 0 Å². The zero-order valence-corrected chi connectivity index (χ0v) is 11.9. The van der Waals surface area contributed by atoms with Crippen LogP contribution in [0.25, 0.3) is 0 Å². The number of hydrogen-bond acceptors (Lipinski definition) is 2. The van der Waals surface area contributed by atoms with Gasteiger partial charge in [-0.3, -0.25) is 4.79 Å². The lowest BCUT2D eigenvalue weighted by Crippen LogP contribution is -2.48. The molecule has 17 heavy (non-hydrogen) atoms. The zero-order chi connectivity index (χ0) is 12.1. The summed E-state index contributed by atoms with van der Waals surface area (Å²) in [5.41, 5.74) is -0.0813. The number of halogens is 1. The van der Waals surface area contributed by atoms with Crippen LogP contribution in [0.5, 0.6) is 0 Å². The van der Waals surface area contributed by atoms with Gasteiger partial charge in [0.2, 0.25) is 5.91 Å². The molecule has 0 spiro atoms. The van der Waals surface area contributed by atoms with Crippen LogP contribution in [0.15, 0.2) is 0 Å². The quantitative estimate of drug-likeness (QED) is 0.799. The standard InChI is InChI=1S/C13H22ClNOS/c14-10-13(5-1-2-6-13)15-12(16)9-11-3-7-17-8-4-11/h11H,1-10H2,(H,15,16). The van der Waals surface area contributed by atoms with Gasteiger partial charge < -0.3 is 5.32 Å². The van der Waals surface area contributed by atoms with Crippen LogP contribution in [0.2, 0.25) is 0 Å². The molecule has 98 valence electrons. The van der Waals surface area contributed by atoms with E-state index in [0.717, 1.165) is 12.8 Å². The van der Waals surface area contributed by atoms with Gasteiger partial charge in [0.25, 0.3) is 0 Å². The second-order valence-electron chi connectivity index (χ2n) is 5.43. The Morgan fingerprint density at radius 2 is 1.94 bits per heavy atom. The first kappa shape index (κ1) is 13.5. The second-order valence-corrected chi connectivity index (χ2v) is 6.92. The maximum atomic E-state index is 12.1. The van der Waals surface area contributed by atoms with Crippen molar-refractivity contribution >= 4 is 29.3 Å². The summed E-state index contributed by atoms with van der Waals surface area (Å²) in [5, 5.41) is 3.21. The molecule has 1 N–H and O–H groups in total. The molecule has 1 aliphatic heterocycles. The molecule has 0 atom stereocenters. The molecule has 1 aliphatic carbocycles. The van der Waals surface area contributed by atoms with Gasteiger partial charge in [-0.25, -0.2) is 0 Å². The number of carbonyl (C=O) groups is 1. The first-order chi connectivity index (χ1) is 8.24. The van der Waals surface area contributed by atoms with Gasteiger partial charge >= 0.3 is 0 Å². The summed E-state index contributed by atoms with van der Waals surface area (Å²) in [6, 6.07) is 0. The molecular formula is C13H22ClNOS. The van der Waals surface area contributed by atoms with Gasteiger partial charge in [0.15, 0.2) is 0 Å². The predicted octanol–water partition coefficient (Wildman–Crippen LogP) is 3.19. The van der Waals surface area contributed by atoms with E-state index in [4.69, 9.17) is 11.6 Å². The Kier molecular flexibility index (Phi) is 5.04. The van der Waals surface area contributed by atoms with E-state index in [2.05, 4.69) is 5.32 Å². The first-order valence-corrected chi connectivity index (χ1v) is 8.38. The van der Waals surface area contributed by atoms with Gasteiger partial charge in [-0.1, -0.05) is 12.8 Å². The number of carbonyl (C=O) groups excluding carboxylic acids is 1. The fraction of sp³-hybridized carbons (Fsp3) is 0.923. The lowest BCUT2D eigenvalue weighted by atomic mass is 9.96. The minimum atomic E-state index is -0.0813. The van der Waals surface area contributed by atoms with Crippen LogP contribution in [0.1, 0.15) is 44.9 Å². The summed E-state index contributed by atoms with van der Waals surface area (Å²) in [7, 11) is 0. The third-order valence-corrected chi connectivity index (χ3v) is 5.60. The van der Waals surface area contributed by atoms with E-state index in [1.807, 2.05) is 11.8 Å². The van der Waals surface area contributed by atoms with Crippen molar-refractivity contribution in [2.75, 3.05) is 17.4 Å². The van der Waals surface area contributed by atoms with Crippen LogP contribution in [0, 0.1) is 5.92 Å². The molecule has 4 heteroatoms. The van der Waals surface area contributed by atoms with Gasteiger partial charge in [0, 0.05) is 12.3 Å². The van der Waals surface area contributed by atoms with Crippen LogP contribution in [0.3, 0.4) is 0 Å². The smallest absolute Gasteiger partial charge is 0.220 e. The van der Waals surface area contributed by atoms with Crippen molar-refractivity contribution in [3.8, 4) is 0 Å². The number of rotatable bonds is 4. The predicted molar refractivity (Wildman–Crippen MR) is 74.7 cm³/mol. The summed E-state index contributed by atoms with van der Waals surface area (Å²) in [4.78, 5) is 12.1. The fourth-order valence-corrected chi connectivity index (χ4v) is 4.44. The van der Waals surface area contributed by atoms with Gasteiger partial charge in [-0.15, -0.1) is 11.6 Å². The number of alkyl halides is 1. The average molecular weight is 276 g/mol. The molecule has 0 radical (unpaired) electrons. The van der Waals surface area contributed by atoms with Crippen molar-refractivity contribution in [3.63, 3.8) is 0 Å². The van der Waals surface area contributed by atoms with E-state index >= 15 is 0 Å².